The van der Waals surface area contributed by atoms with Gasteiger partial charge in [0.25, 0.3) is 0 Å². The SMILES string of the molecule is C[Si](CCCOCC1CO1)(c1ccccc1)c1ccccc1. The van der Waals surface area contributed by atoms with E-state index in [0.29, 0.717) is 6.10 Å². The van der Waals surface area contributed by atoms with Crippen LogP contribution in [-0.4, -0.2) is 34.0 Å². The van der Waals surface area contributed by atoms with Gasteiger partial charge in [0.05, 0.1) is 13.2 Å². The zero-order valence-electron chi connectivity index (χ0n) is 13.2. The molecule has 0 bridgehead atoms. The third-order valence-electron chi connectivity index (χ3n) is 4.49. The molecule has 0 N–H and O–H groups in total. The first-order valence-electron chi connectivity index (χ1n) is 8.09. The lowest BCUT2D eigenvalue weighted by atomic mass is 10.4. The van der Waals surface area contributed by atoms with Crippen LogP contribution in [0.5, 0.6) is 0 Å². The van der Waals surface area contributed by atoms with E-state index in [1.807, 2.05) is 0 Å². The Balaban J connectivity index is 1.68. The Hall–Kier alpha value is -1.42. The highest BCUT2D eigenvalue weighted by atomic mass is 28.3. The van der Waals surface area contributed by atoms with Gasteiger partial charge in [0.15, 0.2) is 0 Å². The van der Waals surface area contributed by atoms with Crippen molar-refractivity contribution in [1.82, 2.24) is 0 Å². The fourth-order valence-electron chi connectivity index (χ4n) is 2.97. The van der Waals surface area contributed by atoms with Gasteiger partial charge in [-0.05, 0) is 12.5 Å². The summed E-state index contributed by atoms with van der Waals surface area (Å²) in [4.78, 5) is 0. The number of benzene rings is 2. The van der Waals surface area contributed by atoms with Crippen LogP contribution in [0, 0.1) is 0 Å². The van der Waals surface area contributed by atoms with Crippen molar-refractivity contribution in [3.63, 3.8) is 0 Å². The predicted molar refractivity (Wildman–Crippen MR) is 93.8 cm³/mol. The first-order chi connectivity index (χ1) is 10.8. The average Bonchev–Trinajstić information content (AvgIpc) is 3.40. The molecule has 1 fully saturated rings. The Morgan fingerprint density at radius 3 is 2.05 bits per heavy atom. The summed E-state index contributed by atoms with van der Waals surface area (Å²) in [6, 6.07) is 23.2. The molecular weight excluding hydrogens is 288 g/mol. The van der Waals surface area contributed by atoms with Crippen LogP contribution in [0.2, 0.25) is 12.6 Å². The lowest BCUT2D eigenvalue weighted by Crippen LogP contribution is -2.55. The Morgan fingerprint density at radius 2 is 1.55 bits per heavy atom. The fourth-order valence-corrected chi connectivity index (χ4v) is 6.59. The van der Waals surface area contributed by atoms with Gasteiger partial charge in [-0.25, -0.2) is 0 Å². The second-order valence-electron chi connectivity index (χ2n) is 6.20. The van der Waals surface area contributed by atoms with Crippen molar-refractivity contribution in [2.24, 2.45) is 0 Å². The Bertz CT molecular complexity index is 527. The molecule has 0 aromatic heterocycles. The maximum atomic E-state index is 5.72. The van der Waals surface area contributed by atoms with Gasteiger partial charge in [0.2, 0.25) is 0 Å². The van der Waals surface area contributed by atoms with Crippen LogP contribution in [0.4, 0.5) is 0 Å². The van der Waals surface area contributed by atoms with Crippen LogP contribution in [0.1, 0.15) is 6.42 Å². The predicted octanol–water partition coefficient (Wildman–Crippen LogP) is 2.68. The van der Waals surface area contributed by atoms with E-state index in [1.54, 1.807) is 0 Å². The lowest BCUT2D eigenvalue weighted by molar-refractivity contribution is 0.117. The minimum Gasteiger partial charge on any atom is -0.379 e. The van der Waals surface area contributed by atoms with E-state index in [0.717, 1.165) is 26.2 Å². The van der Waals surface area contributed by atoms with Crippen LogP contribution < -0.4 is 10.4 Å². The van der Waals surface area contributed by atoms with Crippen LogP contribution in [0.15, 0.2) is 60.7 Å². The molecule has 3 heteroatoms. The van der Waals surface area contributed by atoms with Gasteiger partial charge in [0, 0.05) is 6.61 Å². The summed E-state index contributed by atoms with van der Waals surface area (Å²) in [5.74, 6) is 0. The molecule has 0 aliphatic carbocycles. The van der Waals surface area contributed by atoms with E-state index in [-0.39, 0.29) is 0 Å². The molecule has 1 atom stereocenters. The third-order valence-corrected chi connectivity index (χ3v) is 9.06. The van der Waals surface area contributed by atoms with E-state index in [4.69, 9.17) is 9.47 Å². The van der Waals surface area contributed by atoms with E-state index in [1.165, 1.54) is 16.4 Å². The van der Waals surface area contributed by atoms with Crippen molar-refractivity contribution < 1.29 is 9.47 Å². The first kappa shape index (κ1) is 15.5. The summed E-state index contributed by atoms with van der Waals surface area (Å²) in [6.45, 7) is 4.94. The maximum absolute atomic E-state index is 5.72. The van der Waals surface area contributed by atoms with Gasteiger partial charge in [-0.2, -0.15) is 0 Å². The minimum atomic E-state index is -1.67. The number of hydrogen-bond acceptors (Lipinski definition) is 2. The van der Waals surface area contributed by atoms with Crippen LogP contribution in [0.25, 0.3) is 0 Å². The molecule has 0 saturated carbocycles. The van der Waals surface area contributed by atoms with Crippen molar-refractivity contribution in [1.29, 1.82) is 0 Å². The molecule has 2 nitrogen and oxygen atoms in total. The molecule has 0 radical (unpaired) electrons. The minimum absolute atomic E-state index is 0.367. The molecule has 2 aromatic rings. The Kier molecular flexibility index (Phi) is 5.08. The summed E-state index contributed by atoms with van der Waals surface area (Å²) >= 11 is 0. The molecule has 0 amide bonds. The maximum Gasteiger partial charge on any atom is 0.115 e. The van der Waals surface area contributed by atoms with Crippen LogP contribution in [0.3, 0.4) is 0 Å². The van der Waals surface area contributed by atoms with E-state index in [9.17, 15) is 0 Å². The van der Waals surface area contributed by atoms with Gasteiger partial charge < -0.3 is 9.47 Å². The van der Waals surface area contributed by atoms with Gasteiger partial charge in [-0.15, -0.1) is 0 Å². The number of hydrogen-bond donors (Lipinski definition) is 0. The van der Waals surface area contributed by atoms with Gasteiger partial charge >= 0.3 is 0 Å². The van der Waals surface area contributed by atoms with E-state index in [2.05, 4.69) is 67.2 Å². The van der Waals surface area contributed by atoms with Gasteiger partial charge in [-0.3, -0.25) is 0 Å². The third kappa shape index (κ3) is 3.86. The topological polar surface area (TPSA) is 21.8 Å². The van der Waals surface area contributed by atoms with Crippen molar-refractivity contribution in [2.75, 3.05) is 19.8 Å². The number of rotatable bonds is 8. The summed E-state index contributed by atoms with van der Waals surface area (Å²) in [5, 5.41) is 3.01. The lowest BCUT2D eigenvalue weighted by Gasteiger charge is -2.28. The highest BCUT2D eigenvalue weighted by molar-refractivity contribution is 7.01. The van der Waals surface area contributed by atoms with Crippen LogP contribution >= 0.6 is 0 Å². The molecule has 1 saturated heterocycles. The summed E-state index contributed by atoms with van der Waals surface area (Å²) in [5.41, 5.74) is 0. The molecule has 1 aliphatic heterocycles. The Labute approximate surface area is 134 Å². The second kappa shape index (κ2) is 7.23. The highest BCUT2D eigenvalue weighted by Gasteiger charge is 2.31. The molecule has 1 aliphatic rings. The molecule has 1 heterocycles. The summed E-state index contributed by atoms with van der Waals surface area (Å²) in [7, 11) is -1.67. The number of ether oxygens (including phenoxy) is 2. The van der Waals surface area contributed by atoms with Crippen molar-refractivity contribution >= 4 is 18.4 Å². The molecule has 2 aromatic carbocycles. The molecule has 22 heavy (non-hydrogen) atoms. The van der Waals surface area contributed by atoms with Gasteiger partial charge in [-0.1, -0.05) is 77.6 Å². The van der Waals surface area contributed by atoms with Crippen molar-refractivity contribution in [3.8, 4) is 0 Å². The second-order valence-corrected chi connectivity index (χ2v) is 10.5. The van der Waals surface area contributed by atoms with Crippen LogP contribution in [-0.2, 0) is 9.47 Å². The molecular formula is C19H24O2Si. The monoisotopic (exact) mass is 312 g/mol. The van der Waals surface area contributed by atoms with E-state index >= 15 is 0 Å². The van der Waals surface area contributed by atoms with Crippen molar-refractivity contribution in [3.05, 3.63) is 60.7 Å². The average molecular weight is 312 g/mol. The largest absolute Gasteiger partial charge is 0.379 e. The zero-order valence-corrected chi connectivity index (χ0v) is 14.2. The standard InChI is InChI=1S/C19H24O2Si/c1-22(18-9-4-2-5-10-18,19-11-6-3-7-12-19)14-8-13-20-15-17-16-21-17/h2-7,9-12,17H,8,13-16H2,1H3. The normalized spacial score (nSPS) is 17.4. The molecule has 3 rings (SSSR count). The molecule has 0 spiro atoms. The zero-order chi connectivity index (χ0) is 15.3. The molecule has 116 valence electrons. The first-order valence-corrected chi connectivity index (χ1v) is 10.8. The van der Waals surface area contributed by atoms with E-state index < -0.39 is 8.07 Å². The number of epoxide rings is 1. The van der Waals surface area contributed by atoms with Crippen molar-refractivity contribution in [2.45, 2.75) is 25.1 Å². The molecule has 1 unspecified atom stereocenters. The quantitative estimate of drug-likeness (QED) is 0.425. The fraction of sp³-hybridized carbons (Fsp3) is 0.368. The smallest absolute Gasteiger partial charge is 0.115 e. The summed E-state index contributed by atoms with van der Waals surface area (Å²) < 4.78 is 10.9. The Morgan fingerprint density at radius 1 is 1.00 bits per heavy atom. The summed E-state index contributed by atoms with van der Waals surface area (Å²) in [6.07, 6.45) is 1.48. The van der Waals surface area contributed by atoms with Gasteiger partial charge in [0.1, 0.15) is 14.2 Å². The highest BCUT2D eigenvalue weighted by Crippen LogP contribution is 2.15.